The van der Waals surface area contributed by atoms with Gasteiger partial charge in [-0.15, -0.1) is 0 Å². The van der Waals surface area contributed by atoms with Crippen molar-refractivity contribution in [3.05, 3.63) is 29.8 Å². The average Bonchev–Trinajstić information content (AvgIpc) is 2.65. The van der Waals surface area contributed by atoms with Crippen LogP contribution in [0.2, 0.25) is 0 Å². The maximum Gasteiger partial charge on any atom is 0.319 e. The number of guanidine groups is 1. The molecule has 0 radical (unpaired) electrons. The number of hydrogen-bond acceptors (Lipinski definition) is 4. The van der Waals surface area contributed by atoms with Crippen molar-refractivity contribution in [2.45, 2.75) is 32.9 Å². The number of ether oxygens (including phenoxy) is 1. The lowest BCUT2D eigenvalue weighted by Gasteiger charge is -2.18. The van der Waals surface area contributed by atoms with Crippen molar-refractivity contribution in [1.29, 1.82) is 0 Å². The van der Waals surface area contributed by atoms with E-state index in [0.717, 1.165) is 49.9 Å². The molecule has 0 bridgehead atoms. The molecule has 0 aliphatic rings. The summed E-state index contributed by atoms with van der Waals surface area (Å²) in [5.41, 5.74) is 1.87. The van der Waals surface area contributed by atoms with E-state index < -0.39 is 0 Å². The first-order valence-electron chi connectivity index (χ1n) is 9.73. The summed E-state index contributed by atoms with van der Waals surface area (Å²) in [5.74, 6) is 0.767. The Hall–Kier alpha value is -2.32. The molecule has 158 valence electrons. The minimum atomic E-state index is -0.197. The molecule has 1 aromatic rings. The summed E-state index contributed by atoms with van der Waals surface area (Å²) in [5, 5.41) is 12.2. The third-order valence-electron chi connectivity index (χ3n) is 3.99. The van der Waals surface area contributed by atoms with Crippen LogP contribution in [-0.2, 0) is 11.3 Å². The van der Waals surface area contributed by atoms with E-state index in [9.17, 15) is 4.79 Å². The van der Waals surface area contributed by atoms with Gasteiger partial charge in [0.25, 0.3) is 0 Å². The molecule has 0 aliphatic heterocycles. The van der Waals surface area contributed by atoms with Gasteiger partial charge in [-0.1, -0.05) is 12.1 Å². The third-order valence-corrected chi connectivity index (χ3v) is 3.99. The Morgan fingerprint density at radius 3 is 2.50 bits per heavy atom. The van der Waals surface area contributed by atoms with Gasteiger partial charge >= 0.3 is 6.03 Å². The molecule has 1 aromatic carbocycles. The second kappa shape index (κ2) is 13.8. The molecule has 0 heterocycles. The van der Waals surface area contributed by atoms with E-state index >= 15 is 0 Å². The summed E-state index contributed by atoms with van der Waals surface area (Å²) < 4.78 is 5.07. The molecule has 8 nitrogen and oxygen atoms in total. The van der Waals surface area contributed by atoms with Crippen molar-refractivity contribution in [3.8, 4) is 0 Å². The normalized spacial score (nSPS) is 11.6. The number of benzene rings is 1. The van der Waals surface area contributed by atoms with Crippen LogP contribution in [0.1, 0.15) is 25.8 Å². The zero-order chi connectivity index (χ0) is 20.8. The smallest absolute Gasteiger partial charge is 0.319 e. The number of carbonyl (C=O) groups excluding carboxylic acids is 1. The predicted octanol–water partition coefficient (Wildman–Crippen LogP) is 1.85. The molecule has 0 aromatic heterocycles. The number of anilines is 1. The molecule has 28 heavy (non-hydrogen) atoms. The van der Waals surface area contributed by atoms with Crippen molar-refractivity contribution in [2.75, 3.05) is 52.8 Å². The van der Waals surface area contributed by atoms with Gasteiger partial charge in [0, 0.05) is 58.7 Å². The fourth-order valence-electron chi connectivity index (χ4n) is 2.50. The van der Waals surface area contributed by atoms with Crippen LogP contribution in [0.25, 0.3) is 0 Å². The number of methoxy groups -OCH3 is 1. The van der Waals surface area contributed by atoms with Crippen LogP contribution in [0.4, 0.5) is 10.5 Å². The number of nitrogens with zero attached hydrogens (tertiary/aromatic N) is 2. The highest BCUT2D eigenvalue weighted by Gasteiger charge is 2.04. The van der Waals surface area contributed by atoms with Gasteiger partial charge in [0.2, 0.25) is 0 Å². The minimum absolute atomic E-state index is 0.105. The van der Waals surface area contributed by atoms with Gasteiger partial charge in [-0.25, -0.2) is 4.79 Å². The Morgan fingerprint density at radius 1 is 1.18 bits per heavy atom. The number of hydrogen-bond donors (Lipinski definition) is 4. The monoisotopic (exact) mass is 392 g/mol. The SMILES string of the molecule is CN=C(NCCN(C)CCCOC)NCc1ccc(NC(=O)NC(C)C)cc1. The van der Waals surface area contributed by atoms with Crippen LogP contribution in [-0.4, -0.2) is 70.4 Å². The summed E-state index contributed by atoms with van der Waals surface area (Å²) in [6.45, 7) is 8.06. The van der Waals surface area contributed by atoms with Crippen LogP contribution in [0.5, 0.6) is 0 Å². The molecule has 0 unspecified atom stereocenters. The van der Waals surface area contributed by atoms with Gasteiger partial charge in [0.05, 0.1) is 0 Å². The standard InChI is InChI=1S/C20H36N6O2/c1-16(2)24-20(27)25-18-9-7-17(8-10-18)15-23-19(21-3)22-11-13-26(4)12-6-14-28-5/h7-10,16H,6,11-15H2,1-5H3,(H2,21,22,23)(H2,24,25,27). The van der Waals surface area contributed by atoms with Gasteiger partial charge in [-0.3, -0.25) is 4.99 Å². The summed E-state index contributed by atoms with van der Waals surface area (Å²) in [6, 6.07) is 7.65. The van der Waals surface area contributed by atoms with E-state index in [1.165, 1.54) is 0 Å². The molecule has 0 saturated heterocycles. The van der Waals surface area contributed by atoms with Crippen LogP contribution >= 0.6 is 0 Å². The molecule has 1 rings (SSSR count). The van der Waals surface area contributed by atoms with Gasteiger partial charge < -0.3 is 30.9 Å². The highest BCUT2D eigenvalue weighted by Crippen LogP contribution is 2.09. The van der Waals surface area contributed by atoms with Crippen LogP contribution in [0.15, 0.2) is 29.3 Å². The maximum atomic E-state index is 11.7. The fourth-order valence-corrected chi connectivity index (χ4v) is 2.50. The highest BCUT2D eigenvalue weighted by atomic mass is 16.5. The van der Waals surface area contributed by atoms with Crippen LogP contribution < -0.4 is 21.3 Å². The second-order valence-electron chi connectivity index (χ2n) is 6.95. The van der Waals surface area contributed by atoms with E-state index in [2.05, 4.69) is 38.2 Å². The first-order chi connectivity index (χ1) is 13.4. The van der Waals surface area contributed by atoms with Crippen molar-refractivity contribution >= 4 is 17.7 Å². The van der Waals surface area contributed by atoms with Gasteiger partial charge in [-0.05, 0) is 45.0 Å². The number of urea groups is 1. The number of aliphatic imine (C=N–C) groups is 1. The van der Waals surface area contributed by atoms with Crippen LogP contribution in [0, 0.1) is 0 Å². The van der Waals surface area contributed by atoms with E-state index in [0.29, 0.717) is 6.54 Å². The topological polar surface area (TPSA) is 90.0 Å². The summed E-state index contributed by atoms with van der Waals surface area (Å²) >= 11 is 0. The molecule has 4 N–H and O–H groups in total. The third kappa shape index (κ3) is 10.7. The fraction of sp³-hybridized carbons (Fsp3) is 0.600. The lowest BCUT2D eigenvalue weighted by molar-refractivity contribution is 0.180. The van der Waals surface area contributed by atoms with Gasteiger partial charge in [0.15, 0.2) is 5.96 Å². The Labute approximate surface area is 169 Å². The second-order valence-corrected chi connectivity index (χ2v) is 6.95. The number of rotatable bonds is 11. The highest BCUT2D eigenvalue weighted by molar-refractivity contribution is 5.89. The van der Waals surface area contributed by atoms with E-state index in [-0.39, 0.29) is 12.1 Å². The quantitative estimate of drug-likeness (QED) is 0.262. The van der Waals surface area contributed by atoms with E-state index in [1.807, 2.05) is 38.1 Å². The first-order valence-corrected chi connectivity index (χ1v) is 9.73. The molecular weight excluding hydrogens is 356 g/mol. The Morgan fingerprint density at radius 2 is 1.89 bits per heavy atom. The zero-order valence-corrected chi connectivity index (χ0v) is 17.8. The van der Waals surface area contributed by atoms with Crippen LogP contribution in [0.3, 0.4) is 0 Å². The summed E-state index contributed by atoms with van der Waals surface area (Å²) in [7, 11) is 5.59. The van der Waals surface area contributed by atoms with Crippen molar-refractivity contribution in [2.24, 2.45) is 4.99 Å². The molecule has 0 atom stereocenters. The molecule has 0 saturated carbocycles. The predicted molar refractivity (Wildman–Crippen MR) is 116 cm³/mol. The molecule has 8 heteroatoms. The van der Waals surface area contributed by atoms with E-state index in [1.54, 1.807) is 14.2 Å². The Kier molecular flexibility index (Phi) is 11.7. The molecule has 0 aliphatic carbocycles. The van der Waals surface area contributed by atoms with E-state index in [4.69, 9.17) is 4.74 Å². The minimum Gasteiger partial charge on any atom is -0.385 e. The lowest BCUT2D eigenvalue weighted by Crippen LogP contribution is -2.40. The van der Waals surface area contributed by atoms with Crippen molar-refractivity contribution in [3.63, 3.8) is 0 Å². The van der Waals surface area contributed by atoms with Crippen molar-refractivity contribution in [1.82, 2.24) is 20.9 Å². The summed E-state index contributed by atoms with van der Waals surface area (Å²) in [6.07, 6.45) is 1.03. The molecule has 0 spiro atoms. The Balaban J connectivity index is 2.32. The number of carbonyl (C=O) groups is 1. The maximum absolute atomic E-state index is 11.7. The molecular formula is C20H36N6O2. The summed E-state index contributed by atoms with van der Waals surface area (Å²) in [4.78, 5) is 18.2. The van der Waals surface area contributed by atoms with Gasteiger partial charge in [0.1, 0.15) is 0 Å². The van der Waals surface area contributed by atoms with Crippen molar-refractivity contribution < 1.29 is 9.53 Å². The first kappa shape index (κ1) is 23.7. The number of amides is 2. The zero-order valence-electron chi connectivity index (χ0n) is 17.8. The lowest BCUT2D eigenvalue weighted by atomic mass is 10.2. The Bertz CT molecular complexity index is 589. The van der Waals surface area contributed by atoms with Gasteiger partial charge in [-0.2, -0.15) is 0 Å². The molecule has 2 amide bonds. The average molecular weight is 393 g/mol. The number of likely N-dealkylation sites (N-methyl/N-ethyl adjacent to an activating group) is 1. The molecule has 0 fully saturated rings. The largest absolute Gasteiger partial charge is 0.385 e. The number of nitrogens with one attached hydrogen (secondary N) is 4.